The maximum absolute atomic E-state index is 12.6. The summed E-state index contributed by atoms with van der Waals surface area (Å²) in [6.07, 6.45) is -0.913. The first-order chi connectivity index (χ1) is 12.8. The number of rotatable bonds is 5. The van der Waals surface area contributed by atoms with Gasteiger partial charge in [-0.3, -0.25) is 14.6 Å². The van der Waals surface area contributed by atoms with E-state index >= 15 is 0 Å². The lowest BCUT2D eigenvalue weighted by Crippen LogP contribution is -2.62. The largest absolute Gasteiger partial charge is 0.490 e. The van der Waals surface area contributed by atoms with Crippen molar-refractivity contribution < 1.29 is 24.0 Å². The number of imide groups is 1. The van der Waals surface area contributed by atoms with Gasteiger partial charge in [0.25, 0.3) is 5.91 Å². The Labute approximate surface area is 156 Å². The molecule has 1 fully saturated rings. The zero-order valence-corrected chi connectivity index (χ0v) is 15.4. The Morgan fingerprint density at radius 3 is 2.70 bits per heavy atom. The molecule has 1 aromatic carbocycles. The second-order valence-corrected chi connectivity index (χ2v) is 6.46. The van der Waals surface area contributed by atoms with E-state index in [1.807, 2.05) is 31.2 Å². The molecule has 1 saturated heterocycles. The van der Waals surface area contributed by atoms with Crippen molar-refractivity contribution in [2.24, 2.45) is 10.8 Å². The highest BCUT2D eigenvalue weighted by Gasteiger charge is 2.51. The fraction of sp³-hybridized carbons (Fsp3) is 0.412. The summed E-state index contributed by atoms with van der Waals surface area (Å²) in [5.74, 6) is 6.23. The minimum atomic E-state index is -0.913. The number of nitrogens with zero attached hydrogens (tertiary/aromatic N) is 4. The van der Waals surface area contributed by atoms with Gasteiger partial charge in [0.2, 0.25) is 11.9 Å². The van der Waals surface area contributed by atoms with Gasteiger partial charge < -0.3 is 9.84 Å². The van der Waals surface area contributed by atoms with Gasteiger partial charge in [0, 0.05) is 14.1 Å². The third-order valence-corrected chi connectivity index (χ3v) is 4.59. The number of carbonyl (C=O) groups excluding carboxylic acids is 2. The molecule has 2 aliphatic heterocycles. The number of β-amino-alcohol motifs (C(OH)–C–C–N with tert-alkyl or cyclic N) is 1. The summed E-state index contributed by atoms with van der Waals surface area (Å²) in [4.78, 5) is 31.2. The van der Waals surface area contributed by atoms with Gasteiger partial charge in [-0.05, 0) is 18.6 Å². The Morgan fingerprint density at radius 1 is 1.33 bits per heavy atom. The number of hydrogen-bond donors (Lipinski definition) is 3. The average Bonchev–Trinajstić information content (AvgIpc) is 3.02. The topological polar surface area (TPSA) is 123 Å². The van der Waals surface area contributed by atoms with Gasteiger partial charge in [0.15, 0.2) is 0 Å². The van der Waals surface area contributed by atoms with Crippen LogP contribution in [0.2, 0.25) is 0 Å². The number of amides is 3. The molecule has 4 N–H and O–H groups in total. The molecule has 2 aliphatic rings. The molecule has 0 aromatic heterocycles. The molecule has 0 saturated carbocycles. The van der Waals surface area contributed by atoms with Gasteiger partial charge in [-0.2, -0.15) is 5.84 Å². The van der Waals surface area contributed by atoms with Gasteiger partial charge in [0.05, 0.1) is 6.54 Å². The van der Waals surface area contributed by atoms with Crippen LogP contribution in [0.4, 0.5) is 4.79 Å². The molecule has 0 bridgehead atoms. The molecule has 2 unspecified atom stereocenters. The monoisotopic (exact) mass is 375 g/mol. The second-order valence-electron chi connectivity index (χ2n) is 6.46. The van der Waals surface area contributed by atoms with Crippen LogP contribution in [-0.4, -0.2) is 82.6 Å². The molecule has 0 spiro atoms. The van der Waals surface area contributed by atoms with E-state index in [2.05, 4.69) is 10.4 Å². The van der Waals surface area contributed by atoms with Crippen LogP contribution in [-0.2, 0) is 4.79 Å². The maximum Gasteiger partial charge on any atom is 0.407 e. The van der Waals surface area contributed by atoms with E-state index in [4.69, 9.17) is 10.6 Å². The summed E-state index contributed by atoms with van der Waals surface area (Å²) in [5.41, 5.74) is 3.38. The number of hydrazine groups is 1. The SMILES string of the molecule is Cc1ccccc1OCC(O)C[N+]1=C(NN)N=C2C1C(=O)N(C)C(=O)N2C. The zero-order chi connectivity index (χ0) is 19.7. The summed E-state index contributed by atoms with van der Waals surface area (Å²) in [6.45, 7) is 1.99. The number of para-hydroxylation sites is 1. The molecular formula is C17H23N6O4+. The molecule has 0 radical (unpaired) electrons. The van der Waals surface area contributed by atoms with Gasteiger partial charge in [0.1, 0.15) is 18.5 Å². The highest BCUT2D eigenvalue weighted by molar-refractivity contribution is 6.22. The first-order valence-corrected chi connectivity index (χ1v) is 8.45. The number of amidine groups is 1. The van der Waals surface area contributed by atoms with Crippen LogP contribution in [0.1, 0.15) is 5.56 Å². The fourth-order valence-corrected chi connectivity index (χ4v) is 3.09. The third-order valence-electron chi connectivity index (χ3n) is 4.59. The number of ether oxygens (including phenoxy) is 1. The Balaban J connectivity index is 1.74. The molecule has 10 nitrogen and oxygen atoms in total. The molecule has 27 heavy (non-hydrogen) atoms. The van der Waals surface area contributed by atoms with Crippen molar-refractivity contribution >= 4 is 23.7 Å². The first-order valence-electron chi connectivity index (χ1n) is 8.45. The lowest BCUT2D eigenvalue weighted by molar-refractivity contribution is -0.545. The lowest BCUT2D eigenvalue weighted by atomic mass is 10.1. The Morgan fingerprint density at radius 2 is 2.04 bits per heavy atom. The standard InChI is InChI=1S/C17H22N6O4/c1-10-6-4-5-7-12(10)27-9-11(24)8-23-13-14(19-16(23)20-18)21(2)17(26)22(3)15(13)25/h4-7,11,13,24H,8-9,18H2,1-3H3/p+1. The number of fused-ring (bicyclic) bond motifs is 1. The Kier molecular flexibility index (Phi) is 5.10. The molecule has 0 aliphatic carbocycles. The van der Waals surface area contributed by atoms with E-state index in [1.165, 1.54) is 23.6 Å². The molecule has 1 aromatic rings. The number of aliphatic imine (C=N–C) groups is 1. The molecule has 10 heteroatoms. The number of guanidine groups is 1. The minimum Gasteiger partial charge on any atom is -0.490 e. The number of nitrogens with two attached hydrogens (primary N) is 1. The molecule has 2 atom stereocenters. The summed E-state index contributed by atoms with van der Waals surface area (Å²) in [5, 5.41) is 10.4. The highest BCUT2D eigenvalue weighted by Crippen LogP contribution is 2.19. The Bertz CT molecular complexity index is 836. The molecule has 2 heterocycles. The predicted molar refractivity (Wildman–Crippen MR) is 97.3 cm³/mol. The van der Waals surface area contributed by atoms with Crippen molar-refractivity contribution in [1.82, 2.24) is 15.2 Å². The molecular weight excluding hydrogens is 352 g/mol. The number of benzene rings is 1. The minimum absolute atomic E-state index is 0.0278. The van der Waals surface area contributed by atoms with Gasteiger partial charge in [-0.1, -0.05) is 23.2 Å². The van der Waals surface area contributed by atoms with Crippen molar-refractivity contribution in [3.8, 4) is 5.75 Å². The summed E-state index contributed by atoms with van der Waals surface area (Å²) >= 11 is 0. The van der Waals surface area contributed by atoms with E-state index < -0.39 is 24.1 Å². The van der Waals surface area contributed by atoms with E-state index in [0.717, 1.165) is 10.5 Å². The molecule has 144 valence electrons. The maximum atomic E-state index is 12.6. The summed E-state index contributed by atoms with van der Waals surface area (Å²) in [6, 6.07) is 6.17. The fourth-order valence-electron chi connectivity index (χ4n) is 3.09. The van der Waals surface area contributed by atoms with Crippen LogP contribution in [0.25, 0.3) is 0 Å². The quantitative estimate of drug-likeness (QED) is 0.340. The van der Waals surface area contributed by atoms with Crippen molar-refractivity contribution in [2.45, 2.75) is 19.1 Å². The summed E-state index contributed by atoms with van der Waals surface area (Å²) < 4.78 is 7.20. The van der Waals surface area contributed by atoms with Gasteiger partial charge in [-0.15, -0.1) is 0 Å². The van der Waals surface area contributed by atoms with E-state index in [-0.39, 0.29) is 24.9 Å². The highest BCUT2D eigenvalue weighted by atomic mass is 16.5. The van der Waals surface area contributed by atoms with Crippen LogP contribution < -0.4 is 16.0 Å². The number of hydrogen-bond acceptors (Lipinski definition) is 7. The number of carbonyl (C=O) groups is 2. The zero-order valence-electron chi connectivity index (χ0n) is 15.4. The predicted octanol–water partition coefficient (Wildman–Crippen LogP) is -1.13. The van der Waals surface area contributed by atoms with E-state index in [9.17, 15) is 14.7 Å². The number of aliphatic hydroxyl groups is 1. The van der Waals surface area contributed by atoms with Crippen molar-refractivity contribution in [1.29, 1.82) is 0 Å². The normalized spacial score (nSPS) is 20.6. The molecule has 3 rings (SSSR count). The van der Waals surface area contributed by atoms with Crippen LogP contribution in [0.15, 0.2) is 29.3 Å². The van der Waals surface area contributed by atoms with Crippen LogP contribution in [0, 0.1) is 6.92 Å². The summed E-state index contributed by atoms with van der Waals surface area (Å²) in [7, 11) is 2.94. The van der Waals surface area contributed by atoms with Crippen molar-refractivity contribution in [2.75, 3.05) is 27.2 Å². The number of aliphatic hydroxyl groups excluding tert-OH is 1. The average molecular weight is 375 g/mol. The number of nitrogens with one attached hydrogen (secondary N) is 1. The third kappa shape index (κ3) is 3.36. The Hall–Kier alpha value is -2.98. The first kappa shape index (κ1) is 18.8. The smallest absolute Gasteiger partial charge is 0.407 e. The molecule has 3 amide bonds. The number of likely N-dealkylation sites (N-methyl/N-ethyl adjacent to an activating group) is 2. The van der Waals surface area contributed by atoms with Gasteiger partial charge >= 0.3 is 12.0 Å². The van der Waals surface area contributed by atoms with E-state index in [1.54, 1.807) is 0 Å². The van der Waals surface area contributed by atoms with Crippen molar-refractivity contribution in [3.63, 3.8) is 0 Å². The second kappa shape index (κ2) is 7.33. The van der Waals surface area contributed by atoms with Crippen LogP contribution in [0.5, 0.6) is 5.75 Å². The van der Waals surface area contributed by atoms with Crippen molar-refractivity contribution in [3.05, 3.63) is 29.8 Å². The number of aryl methyl sites for hydroxylation is 1. The van der Waals surface area contributed by atoms with Crippen LogP contribution >= 0.6 is 0 Å². The number of urea groups is 1. The van der Waals surface area contributed by atoms with Crippen LogP contribution in [0.3, 0.4) is 0 Å². The van der Waals surface area contributed by atoms with E-state index in [0.29, 0.717) is 5.75 Å². The van der Waals surface area contributed by atoms with Gasteiger partial charge in [-0.25, -0.2) is 14.8 Å². The lowest BCUT2D eigenvalue weighted by Gasteiger charge is -2.32.